The molecule has 0 aliphatic carbocycles. The molecular formula is C18H31IN4O2S. The first-order valence-corrected chi connectivity index (χ1v) is 10.5. The predicted molar refractivity (Wildman–Crippen MR) is 119 cm³/mol. The SMILES string of the molecule is CCNC(=NCC1(O)CCSC1)NCC(c1ccco1)N1CCCC1.I. The second-order valence-electron chi connectivity index (χ2n) is 6.88. The molecule has 2 atom stereocenters. The highest BCUT2D eigenvalue weighted by molar-refractivity contribution is 14.0. The molecule has 2 fully saturated rings. The van der Waals surface area contributed by atoms with Crippen LogP contribution in [0.4, 0.5) is 0 Å². The minimum atomic E-state index is -0.650. The number of hydrogen-bond acceptors (Lipinski definition) is 5. The predicted octanol–water partition coefficient (Wildman–Crippen LogP) is 2.46. The van der Waals surface area contributed by atoms with E-state index in [0.29, 0.717) is 6.54 Å². The summed E-state index contributed by atoms with van der Waals surface area (Å²) < 4.78 is 5.67. The van der Waals surface area contributed by atoms with Gasteiger partial charge in [-0.25, -0.2) is 0 Å². The molecule has 26 heavy (non-hydrogen) atoms. The van der Waals surface area contributed by atoms with Crippen molar-refractivity contribution < 1.29 is 9.52 Å². The zero-order chi connectivity index (χ0) is 17.5. The standard InChI is InChI=1S/C18H30N4O2S.HI/c1-2-19-17(21-13-18(23)7-11-25-14-18)20-12-15(16-6-5-10-24-16)22-8-3-4-9-22;/h5-6,10,15,23H,2-4,7-9,11-14H2,1H3,(H2,19,20,21);1H. The van der Waals surface area contributed by atoms with E-state index in [1.807, 2.05) is 12.1 Å². The Morgan fingerprint density at radius 1 is 1.42 bits per heavy atom. The van der Waals surface area contributed by atoms with Crippen LogP contribution in [0, 0.1) is 0 Å². The molecule has 0 amide bonds. The summed E-state index contributed by atoms with van der Waals surface area (Å²) in [6, 6.07) is 4.21. The molecule has 8 heteroatoms. The lowest BCUT2D eigenvalue weighted by Crippen LogP contribution is -2.44. The Bertz CT molecular complexity index is 543. The average molecular weight is 494 g/mol. The van der Waals surface area contributed by atoms with E-state index in [1.165, 1.54) is 12.8 Å². The quantitative estimate of drug-likeness (QED) is 0.307. The van der Waals surface area contributed by atoms with E-state index in [1.54, 1.807) is 18.0 Å². The summed E-state index contributed by atoms with van der Waals surface area (Å²) in [5.74, 6) is 3.56. The minimum Gasteiger partial charge on any atom is -0.468 e. The fourth-order valence-electron chi connectivity index (χ4n) is 3.43. The lowest BCUT2D eigenvalue weighted by atomic mass is 10.1. The monoisotopic (exact) mass is 494 g/mol. The second-order valence-corrected chi connectivity index (χ2v) is 7.98. The molecule has 3 rings (SSSR count). The van der Waals surface area contributed by atoms with Crippen LogP contribution in [0.15, 0.2) is 27.8 Å². The van der Waals surface area contributed by atoms with Gasteiger partial charge >= 0.3 is 0 Å². The van der Waals surface area contributed by atoms with Crippen LogP contribution in [0.1, 0.15) is 38.0 Å². The van der Waals surface area contributed by atoms with Crippen LogP contribution in [0.2, 0.25) is 0 Å². The zero-order valence-electron chi connectivity index (χ0n) is 15.4. The van der Waals surface area contributed by atoms with Crippen molar-refractivity contribution in [2.45, 2.75) is 37.8 Å². The van der Waals surface area contributed by atoms with Gasteiger partial charge in [-0.15, -0.1) is 24.0 Å². The molecule has 148 valence electrons. The third-order valence-corrected chi connectivity index (χ3v) is 6.11. The second kappa shape index (κ2) is 10.8. The van der Waals surface area contributed by atoms with Crippen molar-refractivity contribution in [1.29, 1.82) is 0 Å². The number of nitrogens with one attached hydrogen (secondary N) is 2. The largest absolute Gasteiger partial charge is 0.468 e. The number of thioether (sulfide) groups is 1. The summed E-state index contributed by atoms with van der Waals surface area (Å²) in [6.07, 6.45) is 5.06. The maximum absolute atomic E-state index is 10.5. The number of rotatable bonds is 7. The molecule has 0 radical (unpaired) electrons. The average Bonchev–Trinajstić information content (AvgIpc) is 3.36. The van der Waals surface area contributed by atoms with Crippen molar-refractivity contribution in [2.24, 2.45) is 4.99 Å². The van der Waals surface area contributed by atoms with E-state index in [9.17, 15) is 5.11 Å². The van der Waals surface area contributed by atoms with E-state index in [4.69, 9.17) is 4.42 Å². The number of likely N-dealkylation sites (tertiary alicyclic amines) is 1. The molecule has 3 heterocycles. The molecule has 0 aromatic carbocycles. The number of halogens is 1. The lowest BCUT2D eigenvalue weighted by Gasteiger charge is -2.27. The van der Waals surface area contributed by atoms with Gasteiger partial charge < -0.3 is 20.2 Å². The molecular weight excluding hydrogens is 463 g/mol. The maximum Gasteiger partial charge on any atom is 0.191 e. The summed E-state index contributed by atoms with van der Waals surface area (Å²) in [4.78, 5) is 7.10. The Morgan fingerprint density at radius 2 is 2.23 bits per heavy atom. The van der Waals surface area contributed by atoms with Gasteiger partial charge in [0.15, 0.2) is 5.96 Å². The molecule has 6 nitrogen and oxygen atoms in total. The molecule has 1 aromatic rings. The highest BCUT2D eigenvalue weighted by atomic mass is 127. The van der Waals surface area contributed by atoms with E-state index in [2.05, 4.69) is 27.4 Å². The molecule has 0 saturated carbocycles. The fourth-order valence-corrected chi connectivity index (χ4v) is 4.71. The summed E-state index contributed by atoms with van der Waals surface area (Å²) in [6.45, 7) is 6.27. The van der Waals surface area contributed by atoms with Crippen molar-refractivity contribution in [3.05, 3.63) is 24.2 Å². The van der Waals surface area contributed by atoms with Crippen molar-refractivity contribution in [3.63, 3.8) is 0 Å². The third-order valence-electron chi connectivity index (χ3n) is 4.87. The molecule has 0 spiro atoms. The van der Waals surface area contributed by atoms with Crippen LogP contribution in [-0.4, -0.2) is 65.8 Å². The van der Waals surface area contributed by atoms with Gasteiger partial charge in [0.2, 0.25) is 0 Å². The van der Waals surface area contributed by atoms with Crippen molar-refractivity contribution in [3.8, 4) is 0 Å². The first kappa shape index (κ1) is 21.8. The fraction of sp³-hybridized carbons (Fsp3) is 0.722. The molecule has 2 aliphatic rings. The van der Waals surface area contributed by atoms with Crippen LogP contribution in [-0.2, 0) is 0 Å². The van der Waals surface area contributed by atoms with Crippen molar-refractivity contribution >= 4 is 41.7 Å². The van der Waals surface area contributed by atoms with Crippen molar-refractivity contribution in [1.82, 2.24) is 15.5 Å². The Labute approximate surface area is 177 Å². The maximum atomic E-state index is 10.5. The molecule has 3 N–H and O–H groups in total. The first-order chi connectivity index (χ1) is 12.2. The molecule has 2 saturated heterocycles. The van der Waals surface area contributed by atoms with E-state index in [0.717, 1.165) is 55.8 Å². The number of nitrogens with zero attached hydrogens (tertiary/aromatic N) is 2. The van der Waals surface area contributed by atoms with E-state index >= 15 is 0 Å². The summed E-state index contributed by atoms with van der Waals surface area (Å²) in [5.41, 5.74) is -0.650. The van der Waals surface area contributed by atoms with Gasteiger partial charge in [0, 0.05) is 18.8 Å². The van der Waals surface area contributed by atoms with Gasteiger partial charge in [-0.3, -0.25) is 9.89 Å². The Morgan fingerprint density at radius 3 is 2.85 bits per heavy atom. The van der Waals surface area contributed by atoms with Gasteiger partial charge in [0.1, 0.15) is 5.76 Å². The van der Waals surface area contributed by atoms with Gasteiger partial charge in [0.05, 0.1) is 24.5 Å². The van der Waals surface area contributed by atoms with Crippen LogP contribution >= 0.6 is 35.7 Å². The molecule has 0 bridgehead atoms. The highest BCUT2D eigenvalue weighted by Crippen LogP contribution is 2.28. The van der Waals surface area contributed by atoms with Gasteiger partial charge in [-0.2, -0.15) is 11.8 Å². The van der Waals surface area contributed by atoms with Crippen LogP contribution in [0.3, 0.4) is 0 Å². The smallest absolute Gasteiger partial charge is 0.191 e. The van der Waals surface area contributed by atoms with Crippen LogP contribution in [0.25, 0.3) is 0 Å². The number of hydrogen-bond donors (Lipinski definition) is 3. The summed E-state index contributed by atoms with van der Waals surface area (Å²) >= 11 is 1.80. The summed E-state index contributed by atoms with van der Waals surface area (Å²) in [5, 5.41) is 17.2. The van der Waals surface area contributed by atoms with Gasteiger partial charge in [-0.05, 0) is 57.2 Å². The van der Waals surface area contributed by atoms with Crippen LogP contribution in [0.5, 0.6) is 0 Å². The molecule has 2 aliphatic heterocycles. The highest BCUT2D eigenvalue weighted by Gasteiger charge is 2.31. The first-order valence-electron chi connectivity index (χ1n) is 9.30. The zero-order valence-corrected chi connectivity index (χ0v) is 18.6. The Hall–Kier alpha value is -0.450. The third kappa shape index (κ3) is 6.03. The van der Waals surface area contributed by atoms with Crippen molar-refractivity contribution in [2.75, 3.05) is 44.2 Å². The van der Waals surface area contributed by atoms with Gasteiger partial charge in [-0.1, -0.05) is 0 Å². The number of aliphatic imine (C=N–C) groups is 1. The lowest BCUT2D eigenvalue weighted by molar-refractivity contribution is 0.0778. The molecule has 1 aromatic heterocycles. The Kier molecular flexibility index (Phi) is 9.05. The summed E-state index contributed by atoms with van der Waals surface area (Å²) in [7, 11) is 0. The number of guanidine groups is 1. The number of furan rings is 1. The van der Waals surface area contributed by atoms with E-state index in [-0.39, 0.29) is 30.0 Å². The van der Waals surface area contributed by atoms with Gasteiger partial charge in [0.25, 0.3) is 0 Å². The van der Waals surface area contributed by atoms with E-state index < -0.39 is 5.60 Å². The number of aliphatic hydroxyl groups is 1. The normalized spacial score (nSPS) is 25.1. The molecule has 2 unspecified atom stereocenters. The Balaban J connectivity index is 0.00000243. The minimum absolute atomic E-state index is 0. The topological polar surface area (TPSA) is 73.0 Å². The van der Waals surface area contributed by atoms with Crippen LogP contribution < -0.4 is 10.6 Å².